The third kappa shape index (κ3) is 3.50. The van der Waals surface area contributed by atoms with E-state index in [1.807, 2.05) is 35.2 Å². The van der Waals surface area contributed by atoms with E-state index in [0.717, 1.165) is 23.2 Å². The predicted octanol–water partition coefficient (Wildman–Crippen LogP) is 6.04. The molecule has 0 spiro atoms. The maximum absolute atomic E-state index is 13.7. The van der Waals surface area contributed by atoms with Gasteiger partial charge in [0, 0.05) is 34.3 Å². The molecule has 0 saturated carbocycles. The van der Waals surface area contributed by atoms with Gasteiger partial charge in [-0.3, -0.25) is 14.9 Å². The van der Waals surface area contributed by atoms with Crippen LogP contribution >= 0.6 is 0 Å². The number of nitrogens with zero attached hydrogens (tertiary/aromatic N) is 2. The van der Waals surface area contributed by atoms with E-state index in [0.29, 0.717) is 5.56 Å². The lowest BCUT2D eigenvalue weighted by Gasteiger charge is -2.51. The van der Waals surface area contributed by atoms with Crippen molar-refractivity contribution in [3.05, 3.63) is 105 Å². The van der Waals surface area contributed by atoms with Crippen LogP contribution in [0.5, 0.6) is 0 Å². The standard InChI is InChI=1S/C26H26N2O3/c1-18-13-14-23-22(15-18)26(4,20-10-6-5-7-11-20)17-25(2,3)27(23)24(29)19-9-8-12-21(16-19)28(30)31/h5-16H,17H2,1-4H3/t26-/m1/s1. The van der Waals surface area contributed by atoms with Crippen LogP contribution in [-0.2, 0) is 5.41 Å². The van der Waals surface area contributed by atoms with Gasteiger partial charge in [0.1, 0.15) is 0 Å². The molecule has 1 atom stereocenters. The van der Waals surface area contributed by atoms with E-state index in [2.05, 4.69) is 45.9 Å². The van der Waals surface area contributed by atoms with Crippen molar-refractivity contribution < 1.29 is 9.72 Å². The van der Waals surface area contributed by atoms with E-state index in [1.165, 1.54) is 17.7 Å². The Morgan fingerprint density at radius 1 is 0.968 bits per heavy atom. The van der Waals surface area contributed by atoms with Gasteiger partial charge in [-0.15, -0.1) is 0 Å². The van der Waals surface area contributed by atoms with Gasteiger partial charge in [0.05, 0.1) is 4.92 Å². The zero-order chi connectivity index (χ0) is 22.4. The fourth-order valence-corrected chi connectivity index (χ4v) is 4.98. The molecule has 5 nitrogen and oxygen atoms in total. The molecule has 0 bridgehead atoms. The van der Waals surface area contributed by atoms with Crippen LogP contribution in [0.4, 0.5) is 11.4 Å². The largest absolute Gasteiger partial charge is 0.302 e. The first kappa shape index (κ1) is 20.8. The summed E-state index contributed by atoms with van der Waals surface area (Å²) in [6.07, 6.45) is 0.723. The van der Waals surface area contributed by atoms with Gasteiger partial charge >= 0.3 is 0 Å². The highest BCUT2D eigenvalue weighted by Gasteiger charge is 2.48. The van der Waals surface area contributed by atoms with E-state index >= 15 is 0 Å². The third-order valence-corrected chi connectivity index (χ3v) is 6.30. The number of fused-ring (bicyclic) bond motifs is 1. The van der Waals surface area contributed by atoms with Crippen molar-refractivity contribution in [1.82, 2.24) is 0 Å². The van der Waals surface area contributed by atoms with Crippen LogP contribution in [0.25, 0.3) is 0 Å². The molecule has 0 saturated heterocycles. The smallest absolute Gasteiger partial charge is 0.270 e. The molecule has 0 aromatic heterocycles. The van der Waals surface area contributed by atoms with Crippen LogP contribution in [0.1, 0.15) is 54.2 Å². The van der Waals surface area contributed by atoms with Crippen molar-refractivity contribution in [3.8, 4) is 0 Å². The van der Waals surface area contributed by atoms with Crippen LogP contribution in [0, 0.1) is 17.0 Å². The van der Waals surface area contributed by atoms with Crippen molar-refractivity contribution in [3.63, 3.8) is 0 Å². The number of carbonyl (C=O) groups is 1. The molecule has 158 valence electrons. The highest BCUT2D eigenvalue weighted by atomic mass is 16.6. The average Bonchev–Trinajstić information content (AvgIpc) is 2.74. The molecule has 1 heterocycles. The van der Waals surface area contributed by atoms with Crippen molar-refractivity contribution in [2.75, 3.05) is 4.90 Å². The number of carbonyl (C=O) groups excluding carboxylic acids is 1. The lowest BCUT2D eigenvalue weighted by atomic mass is 9.65. The molecule has 0 unspecified atom stereocenters. The minimum Gasteiger partial charge on any atom is -0.302 e. The van der Waals surface area contributed by atoms with Gasteiger partial charge in [0.15, 0.2) is 0 Å². The van der Waals surface area contributed by atoms with E-state index in [4.69, 9.17) is 0 Å². The number of anilines is 1. The predicted molar refractivity (Wildman–Crippen MR) is 123 cm³/mol. The highest BCUT2D eigenvalue weighted by molar-refractivity contribution is 6.08. The maximum atomic E-state index is 13.7. The van der Waals surface area contributed by atoms with Gasteiger partial charge in [-0.25, -0.2) is 0 Å². The minimum atomic E-state index is -0.505. The second-order valence-corrected chi connectivity index (χ2v) is 9.16. The van der Waals surface area contributed by atoms with E-state index in [9.17, 15) is 14.9 Å². The van der Waals surface area contributed by atoms with Gasteiger partial charge in [-0.05, 0) is 50.5 Å². The number of non-ortho nitro benzene ring substituents is 1. The molecular weight excluding hydrogens is 388 g/mol. The number of benzene rings is 3. The fourth-order valence-electron chi connectivity index (χ4n) is 4.98. The fraction of sp³-hybridized carbons (Fsp3) is 0.269. The Labute approximate surface area is 182 Å². The van der Waals surface area contributed by atoms with Gasteiger partial charge in [-0.2, -0.15) is 0 Å². The monoisotopic (exact) mass is 414 g/mol. The van der Waals surface area contributed by atoms with Crippen molar-refractivity contribution in [2.24, 2.45) is 0 Å². The summed E-state index contributed by atoms with van der Waals surface area (Å²) >= 11 is 0. The summed E-state index contributed by atoms with van der Waals surface area (Å²) in [7, 11) is 0. The number of nitro benzene ring substituents is 1. The maximum Gasteiger partial charge on any atom is 0.270 e. The third-order valence-electron chi connectivity index (χ3n) is 6.30. The summed E-state index contributed by atoms with van der Waals surface area (Å²) in [5.74, 6) is -0.228. The number of amides is 1. The first-order valence-corrected chi connectivity index (χ1v) is 10.4. The number of rotatable bonds is 3. The Kier molecular flexibility index (Phi) is 4.92. The number of aryl methyl sites for hydroxylation is 1. The Morgan fingerprint density at radius 2 is 1.68 bits per heavy atom. The SMILES string of the molecule is Cc1ccc2c(c1)[C@@](C)(c1ccccc1)CC(C)(C)N2C(=O)c1cccc([N+](=O)[O-])c1. The molecule has 0 fully saturated rings. The summed E-state index contributed by atoms with van der Waals surface area (Å²) in [5.41, 5.74) is 3.73. The molecule has 31 heavy (non-hydrogen) atoms. The van der Waals surface area contributed by atoms with Gasteiger partial charge in [0.2, 0.25) is 0 Å². The van der Waals surface area contributed by atoms with Gasteiger partial charge in [-0.1, -0.05) is 61.0 Å². The molecule has 5 heteroatoms. The normalized spacial score (nSPS) is 19.5. The topological polar surface area (TPSA) is 63.5 Å². The average molecular weight is 415 g/mol. The van der Waals surface area contributed by atoms with Crippen LogP contribution in [0.15, 0.2) is 72.8 Å². The molecule has 0 aliphatic carbocycles. The Morgan fingerprint density at radius 3 is 2.35 bits per heavy atom. The molecule has 0 radical (unpaired) electrons. The van der Waals surface area contributed by atoms with E-state index in [-0.39, 0.29) is 17.0 Å². The van der Waals surface area contributed by atoms with Crippen LogP contribution in [-0.4, -0.2) is 16.4 Å². The highest BCUT2D eigenvalue weighted by Crippen LogP contribution is 2.51. The Hall–Kier alpha value is -3.47. The number of nitro groups is 1. The summed E-state index contributed by atoms with van der Waals surface area (Å²) in [4.78, 5) is 26.3. The number of hydrogen-bond acceptors (Lipinski definition) is 3. The first-order valence-electron chi connectivity index (χ1n) is 10.4. The second-order valence-electron chi connectivity index (χ2n) is 9.16. The van der Waals surface area contributed by atoms with Crippen LogP contribution < -0.4 is 4.90 Å². The zero-order valence-corrected chi connectivity index (χ0v) is 18.3. The molecule has 1 aliphatic rings. The quantitative estimate of drug-likeness (QED) is 0.388. The molecular formula is C26H26N2O3. The van der Waals surface area contributed by atoms with Gasteiger partial charge < -0.3 is 4.90 Å². The summed E-state index contributed by atoms with van der Waals surface area (Å²) in [6.45, 7) is 8.41. The molecule has 0 N–H and O–H groups in total. The van der Waals surface area contributed by atoms with Crippen LogP contribution in [0.2, 0.25) is 0 Å². The van der Waals surface area contributed by atoms with E-state index < -0.39 is 10.5 Å². The van der Waals surface area contributed by atoms with Crippen molar-refractivity contribution in [1.29, 1.82) is 0 Å². The lowest BCUT2D eigenvalue weighted by Crippen LogP contribution is -2.55. The first-order chi connectivity index (χ1) is 14.6. The number of hydrogen-bond donors (Lipinski definition) is 0. The van der Waals surface area contributed by atoms with E-state index in [1.54, 1.807) is 12.1 Å². The molecule has 1 aliphatic heterocycles. The Bertz CT molecular complexity index is 1170. The molecule has 3 aromatic rings. The van der Waals surface area contributed by atoms with Gasteiger partial charge in [0.25, 0.3) is 11.6 Å². The second kappa shape index (κ2) is 7.34. The molecule has 3 aromatic carbocycles. The van der Waals surface area contributed by atoms with Crippen molar-refractivity contribution >= 4 is 17.3 Å². The molecule has 4 rings (SSSR count). The summed E-state index contributed by atoms with van der Waals surface area (Å²) in [5, 5.41) is 11.2. The van der Waals surface area contributed by atoms with Crippen molar-refractivity contribution in [2.45, 2.75) is 45.1 Å². The minimum absolute atomic E-state index is 0.0843. The summed E-state index contributed by atoms with van der Waals surface area (Å²) < 4.78 is 0. The Balaban J connectivity index is 1.90. The van der Waals surface area contributed by atoms with Crippen LogP contribution in [0.3, 0.4) is 0 Å². The zero-order valence-electron chi connectivity index (χ0n) is 18.3. The lowest BCUT2D eigenvalue weighted by molar-refractivity contribution is -0.384. The summed E-state index contributed by atoms with van der Waals surface area (Å²) in [6, 6.07) is 22.5. The molecule has 1 amide bonds.